The minimum atomic E-state index is -0.242. The normalized spacial score (nSPS) is 30.2. The van der Waals surface area contributed by atoms with Crippen molar-refractivity contribution in [2.45, 2.75) is 51.3 Å². The topological polar surface area (TPSA) is 24.5 Å². The number of hydrogen-bond acceptors (Lipinski definition) is 3. The highest BCUT2D eigenvalue weighted by atomic mass is 16.5. The minimum absolute atomic E-state index is 0.227. The molecule has 2 heterocycles. The van der Waals surface area contributed by atoms with Gasteiger partial charge in [-0.05, 0) is 43.4 Å². The van der Waals surface area contributed by atoms with Crippen molar-refractivity contribution < 1.29 is 4.74 Å². The molecule has 1 spiro atoms. The first-order valence-corrected chi connectivity index (χ1v) is 9.77. The maximum Gasteiger partial charge on any atom is 0.180 e. The SMILES string of the molecule is Cc1ccc(C2=C[C@H]3c4ccccc4OC4(CCC(C)CC4)N3N2)cc1. The second-order valence-electron chi connectivity index (χ2n) is 8.14. The largest absolute Gasteiger partial charge is 0.471 e. The zero-order valence-electron chi connectivity index (χ0n) is 15.5. The Kier molecular flexibility index (Phi) is 3.61. The van der Waals surface area contributed by atoms with E-state index in [2.05, 4.69) is 78.9 Å². The third kappa shape index (κ3) is 2.45. The van der Waals surface area contributed by atoms with E-state index in [1.807, 2.05) is 0 Å². The average Bonchev–Trinajstić information content (AvgIpc) is 3.12. The van der Waals surface area contributed by atoms with Gasteiger partial charge in [0.05, 0.1) is 11.7 Å². The molecule has 0 saturated heterocycles. The summed E-state index contributed by atoms with van der Waals surface area (Å²) in [6.07, 6.45) is 6.94. The predicted octanol–water partition coefficient (Wildman–Crippen LogP) is 5.20. The second kappa shape index (κ2) is 5.88. The number of ether oxygens (including phenoxy) is 1. The summed E-state index contributed by atoms with van der Waals surface area (Å²) in [7, 11) is 0. The summed E-state index contributed by atoms with van der Waals surface area (Å²) in [5.41, 5.74) is 8.44. The number of para-hydroxylation sites is 1. The number of fused-ring (bicyclic) bond motifs is 4. The lowest BCUT2D eigenvalue weighted by atomic mass is 9.82. The highest BCUT2D eigenvalue weighted by Crippen LogP contribution is 2.50. The molecular formula is C23H26N2O. The van der Waals surface area contributed by atoms with Crippen LogP contribution in [0.4, 0.5) is 0 Å². The lowest BCUT2D eigenvalue weighted by Gasteiger charge is -2.51. The van der Waals surface area contributed by atoms with E-state index in [0.717, 1.165) is 24.5 Å². The quantitative estimate of drug-likeness (QED) is 0.768. The molecule has 5 rings (SSSR count). The van der Waals surface area contributed by atoms with Crippen molar-refractivity contribution in [1.82, 2.24) is 10.4 Å². The van der Waals surface area contributed by atoms with Crippen molar-refractivity contribution in [2.75, 3.05) is 0 Å². The summed E-state index contributed by atoms with van der Waals surface area (Å²) >= 11 is 0. The molecule has 2 aliphatic heterocycles. The highest BCUT2D eigenvalue weighted by molar-refractivity contribution is 5.67. The van der Waals surface area contributed by atoms with Crippen LogP contribution in [-0.2, 0) is 0 Å². The summed E-state index contributed by atoms with van der Waals surface area (Å²) in [6.45, 7) is 4.49. The van der Waals surface area contributed by atoms with Crippen LogP contribution in [-0.4, -0.2) is 10.7 Å². The Morgan fingerprint density at radius 1 is 1.04 bits per heavy atom. The fourth-order valence-electron chi connectivity index (χ4n) is 4.57. The fraction of sp³-hybridized carbons (Fsp3) is 0.391. The van der Waals surface area contributed by atoms with Crippen LogP contribution in [0.3, 0.4) is 0 Å². The lowest BCUT2D eigenvalue weighted by molar-refractivity contribution is -0.155. The molecule has 2 aromatic rings. The Morgan fingerprint density at radius 3 is 2.54 bits per heavy atom. The van der Waals surface area contributed by atoms with E-state index < -0.39 is 0 Å². The molecular weight excluding hydrogens is 320 g/mol. The highest BCUT2D eigenvalue weighted by Gasteiger charge is 2.51. The summed E-state index contributed by atoms with van der Waals surface area (Å²) in [5, 5.41) is 2.39. The number of aryl methyl sites for hydroxylation is 1. The average molecular weight is 346 g/mol. The zero-order valence-corrected chi connectivity index (χ0v) is 15.5. The second-order valence-corrected chi connectivity index (χ2v) is 8.14. The van der Waals surface area contributed by atoms with E-state index >= 15 is 0 Å². The van der Waals surface area contributed by atoms with E-state index in [1.54, 1.807) is 0 Å². The molecule has 3 aliphatic rings. The molecule has 1 fully saturated rings. The Morgan fingerprint density at radius 2 is 1.77 bits per heavy atom. The smallest absolute Gasteiger partial charge is 0.180 e. The third-order valence-electron chi connectivity index (χ3n) is 6.24. The predicted molar refractivity (Wildman–Crippen MR) is 104 cm³/mol. The van der Waals surface area contributed by atoms with Crippen molar-refractivity contribution in [3.63, 3.8) is 0 Å². The number of hydrazine groups is 1. The molecule has 0 radical (unpaired) electrons. The summed E-state index contributed by atoms with van der Waals surface area (Å²) in [5.74, 6) is 1.83. The van der Waals surface area contributed by atoms with Crippen LogP contribution in [0.1, 0.15) is 55.3 Å². The van der Waals surface area contributed by atoms with Crippen LogP contribution in [0.15, 0.2) is 54.6 Å². The molecule has 2 aromatic carbocycles. The van der Waals surface area contributed by atoms with Gasteiger partial charge in [-0.15, -0.1) is 0 Å². The van der Waals surface area contributed by atoms with Gasteiger partial charge in [0, 0.05) is 18.4 Å². The molecule has 0 unspecified atom stereocenters. The van der Waals surface area contributed by atoms with Crippen LogP contribution in [0.25, 0.3) is 5.70 Å². The standard InChI is InChI=1S/C23H26N2O/c1-16-7-9-18(10-8-16)20-15-21-19-5-3-4-6-22(19)26-23(25(21)24-20)13-11-17(2)12-14-23/h3-10,15,17,21,24H,11-14H2,1-2H3/t17?,21-,23?/m0/s1. The van der Waals surface area contributed by atoms with E-state index in [0.29, 0.717) is 0 Å². The van der Waals surface area contributed by atoms with Gasteiger partial charge in [-0.3, -0.25) is 0 Å². The molecule has 3 heteroatoms. The zero-order chi connectivity index (χ0) is 17.7. The lowest BCUT2D eigenvalue weighted by Crippen LogP contribution is -2.60. The molecule has 0 aromatic heterocycles. The van der Waals surface area contributed by atoms with Crippen LogP contribution < -0.4 is 10.2 Å². The number of nitrogens with zero attached hydrogens (tertiary/aromatic N) is 1. The Labute approximate surface area is 155 Å². The molecule has 0 amide bonds. The van der Waals surface area contributed by atoms with Gasteiger partial charge >= 0.3 is 0 Å². The van der Waals surface area contributed by atoms with Crippen molar-refractivity contribution in [3.8, 4) is 5.75 Å². The minimum Gasteiger partial charge on any atom is -0.471 e. The first-order chi connectivity index (χ1) is 12.6. The number of benzene rings is 2. The van der Waals surface area contributed by atoms with Crippen molar-refractivity contribution in [2.24, 2.45) is 5.92 Å². The maximum atomic E-state index is 6.66. The fourth-order valence-corrected chi connectivity index (χ4v) is 4.57. The van der Waals surface area contributed by atoms with Crippen LogP contribution in [0.2, 0.25) is 0 Å². The molecule has 1 saturated carbocycles. The van der Waals surface area contributed by atoms with Crippen molar-refractivity contribution in [3.05, 3.63) is 71.3 Å². The Bertz CT molecular complexity index is 847. The van der Waals surface area contributed by atoms with Gasteiger partial charge in [0.2, 0.25) is 0 Å². The molecule has 1 atom stereocenters. The molecule has 134 valence electrons. The first kappa shape index (κ1) is 16.0. The van der Waals surface area contributed by atoms with Gasteiger partial charge in [0.25, 0.3) is 0 Å². The Hall–Kier alpha value is -2.26. The number of rotatable bonds is 1. The summed E-state index contributed by atoms with van der Waals surface area (Å²) in [4.78, 5) is 0. The number of nitrogens with one attached hydrogen (secondary N) is 1. The van der Waals surface area contributed by atoms with E-state index in [9.17, 15) is 0 Å². The van der Waals surface area contributed by atoms with Gasteiger partial charge in [0.1, 0.15) is 5.75 Å². The monoisotopic (exact) mass is 346 g/mol. The van der Waals surface area contributed by atoms with Crippen LogP contribution in [0.5, 0.6) is 5.75 Å². The van der Waals surface area contributed by atoms with Crippen LogP contribution in [0, 0.1) is 12.8 Å². The molecule has 3 nitrogen and oxygen atoms in total. The molecule has 0 bridgehead atoms. The number of hydrogen-bond donors (Lipinski definition) is 1. The molecule has 1 aliphatic carbocycles. The van der Waals surface area contributed by atoms with Gasteiger partial charge in [-0.25, -0.2) is 0 Å². The van der Waals surface area contributed by atoms with Gasteiger partial charge in [0.15, 0.2) is 5.72 Å². The van der Waals surface area contributed by atoms with E-state index in [1.165, 1.54) is 35.2 Å². The van der Waals surface area contributed by atoms with E-state index in [-0.39, 0.29) is 11.8 Å². The van der Waals surface area contributed by atoms with Gasteiger partial charge in [-0.1, -0.05) is 55.0 Å². The maximum absolute atomic E-state index is 6.66. The van der Waals surface area contributed by atoms with Crippen molar-refractivity contribution in [1.29, 1.82) is 0 Å². The summed E-state index contributed by atoms with van der Waals surface area (Å²) < 4.78 is 6.66. The van der Waals surface area contributed by atoms with Crippen LogP contribution >= 0.6 is 0 Å². The summed E-state index contributed by atoms with van der Waals surface area (Å²) in [6, 6.07) is 17.5. The van der Waals surface area contributed by atoms with Gasteiger partial charge < -0.3 is 10.2 Å². The molecule has 26 heavy (non-hydrogen) atoms. The van der Waals surface area contributed by atoms with E-state index in [4.69, 9.17) is 4.74 Å². The Balaban J connectivity index is 1.56. The first-order valence-electron chi connectivity index (χ1n) is 9.77. The molecule has 1 N–H and O–H groups in total. The van der Waals surface area contributed by atoms with Gasteiger partial charge in [-0.2, -0.15) is 5.01 Å². The third-order valence-corrected chi connectivity index (χ3v) is 6.24. The van der Waals surface area contributed by atoms with Crippen molar-refractivity contribution >= 4 is 5.70 Å².